The standard InChI is InChI=1S/C11H14ClN2O/c1-8-3-4-10(14(2)6-5-12)9(7-8)11(13)15/h3-4,7H,1,5-6H2,2H3,(H2,13,15). The van der Waals surface area contributed by atoms with Crippen LogP contribution in [-0.2, 0) is 0 Å². The molecule has 0 bridgehead atoms. The van der Waals surface area contributed by atoms with Crippen LogP contribution in [0.2, 0.25) is 0 Å². The minimum Gasteiger partial charge on any atom is -0.373 e. The molecule has 1 aromatic carbocycles. The molecule has 81 valence electrons. The van der Waals surface area contributed by atoms with Gasteiger partial charge in [0.05, 0.1) is 5.56 Å². The summed E-state index contributed by atoms with van der Waals surface area (Å²) in [5.74, 6) is 0.0535. The Balaban J connectivity index is 3.10. The van der Waals surface area contributed by atoms with Crippen molar-refractivity contribution in [3.63, 3.8) is 0 Å². The highest BCUT2D eigenvalue weighted by atomic mass is 35.5. The van der Waals surface area contributed by atoms with Crippen molar-refractivity contribution in [1.29, 1.82) is 0 Å². The molecule has 0 aliphatic heterocycles. The van der Waals surface area contributed by atoms with Crippen molar-refractivity contribution < 1.29 is 4.79 Å². The molecule has 0 aliphatic carbocycles. The molecule has 3 nitrogen and oxygen atoms in total. The summed E-state index contributed by atoms with van der Waals surface area (Å²) in [6.45, 7) is 4.42. The first-order valence-electron chi connectivity index (χ1n) is 4.59. The van der Waals surface area contributed by atoms with E-state index in [9.17, 15) is 4.79 Å². The predicted octanol–water partition coefficient (Wildman–Crippen LogP) is 1.64. The highest BCUT2D eigenvalue weighted by Crippen LogP contribution is 2.20. The number of carbonyl (C=O) groups is 1. The summed E-state index contributed by atoms with van der Waals surface area (Å²) in [4.78, 5) is 13.1. The largest absolute Gasteiger partial charge is 0.373 e. The minimum absolute atomic E-state index is 0.447. The second-order valence-corrected chi connectivity index (χ2v) is 3.70. The van der Waals surface area contributed by atoms with E-state index in [1.54, 1.807) is 6.07 Å². The first-order chi connectivity index (χ1) is 7.06. The van der Waals surface area contributed by atoms with Crippen LogP contribution in [0.3, 0.4) is 0 Å². The summed E-state index contributed by atoms with van der Waals surface area (Å²) in [5, 5.41) is 0. The predicted molar refractivity (Wildman–Crippen MR) is 63.4 cm³/mol. The number of primary amides is 1. The van der Waals surface area contributed by atoms with Crippen LogP contribution in [0, 0.1) is 6.92 Å². The number of hydrogen-bond acceptors (Lipinski definition) is 2. The van der Waals surface area contributed by atoms with E-state index in [0.29, 0.717) is 18.0 Å². The van der Waals surface area contributed by atoms with Gasteiger partial charge in [-0.05, 0) is 24.6 Å². The first kappa shape index (κ1) is 11.9. The molecule has 0 aliphatic rings. The van der Waals surface area contributed by atoms with Gasteiger partial charge in [-0.15, -0.1) is 11.6 Å². The molecule has 1 amide bonds. The van der Waals surface area contributed by atoms with Crippen LogP contribution in [0.15, 0.2) is 18.2 Å². The van der Waals surface area contributed by atoms with E-state index in [-0.39, 0.29) is 0 Å². The molecule has 0 atom stereocenters. The van der Waals surface area contributed by atoms with Crippen LogP contribution < -0.4 is 10.6 Å². The molecule has 0 unspecified atom stereocenters. The van der Waals surface area contributed by atoms with Crippen molar-refractivity contribution >= 4 is 23.2 Å². The number of carbonyl (C=O) groups excluding carboxylic acids is 1. The monoisotopic (exact) mass is 225 g/mol. The maximum Gasteiger partial charge on any atom is 0.250 e. The molecule has 0 spiro atoms. The lowest BCUT2D eigenvalue weighted by Gasteiger charge is -2.20. The molecular formula is C11H14ClN2O. The summed E-state index contributed by atoms with van der Waals surface area (Å²) in [6.07, 6.45) is 0. The zero-order chi connectivity index (χ0) is 11.4. The summed E-state index contributed by atoms with van der Waals surface area (Å²) >= 11 is 5.64. The zero-order valence-corrected chi connectivity index (χ0v) is 9.42. The summed E-state index contributed by atoms with van der Waals surface area (Å²) in [7, 11) is 1.87. The number of rotatable bonds is 4. The van der Waals surface area contributed by atoms with Crippen molar-refractivity contribution in [3.8, 4) is 0 Å². The molecule has 0 heterocycles. The summed E-state index contributed by atoms with van der Waals surface area (Å²) in [6, 6.07) is 5.35. The van der Waals surface area contributed by atoms with Crippen LogP contribution in [0.25, 0.3) is 0 Å². The average Bonchev–Trinajstić information content (AvgIpc) is 2.17. The number of anilines is 1. The van der Waals surface area contributed by atoms with Gasteiger partial charge in [0.25, 0.3) is 5.91 Å². The molecule has 1 aromatic rings. The van der Waals surface area contributed by atoms with Gasteiger partial charge in [-0.25, -0.2) is 0 Å². The second kappa shape index (κ2) is 5.03. The van der Waals surface area contributed by atoms with Gasteiger partial charge in [0.1, 0.15) is 0 Å². The van der Waals surface area contributed by atoms with Crippen molar-refractivity contribution in [2.24, 2.45) is 5.73 Å². The van der Waals surface area contributed by atoms with E-state index < -0.39 is 5.91 Å². The fraction of sp³-hybridized carbons (Fsp3) is 0.273. The van der Waals surface area contributed by atoms with Crippen LogP contribution in [0.4, 0.5) is 5.69 Å². The van der Waals surface area contributed by atoms with E-state index in [0.717, 1.165) is 11.3 Å². The fourth-order valence-corrected chi connectivity index (χ4v) is 1.61. The van der Waals surface area contributed by atoms with Gasteiger partial charge in [-0.3, -0.25) is 4.79 Å². The molecule has 0 fully saturated rings. The lowest BCUT2D eigenvalue weighted by atomic mass is 10.1. The molecule has 0 aromatic heterocycles. The fourth-order valence-electron chi connectivity index (χ4n) is 1.36. The smallest absolute Gasteiger partial charge is 0.250 e. The van der Waals surface area contributed by atoms with E-state index >= 15 is 0 Å². The Hall–Kier alpha value is -1.22. The van der Waals surface area contributed by atoms with Crippen LogP contribution in [0.1, 0.15) is 15.9 Å². The maximum absolute atomic E-state index is 11.2. The minimum atomic E-state index is -0.447. The third kappa shape index (κ3) is 2.86. The van der Waals surface area contributed by atoms with Crippen molar-refractivity contribution in [2.45, 2.75) is 0 Å². The normalized spacial score (nSPS) is 10.1. The van der Waals surface area contributed by atoms with Gasteiger partial charge >= 0.3 is 0 Å². The number of alkyl halides is 1. The first-order valence-corrected chi connectivity index (χ1v) is 5.12. The highest BCUT2D eigenvalue weighted by Gasteiger charge is 2.11. The summed E-state index contributed by atoms with van der Waals surface area (Å²) < 4.78 is 0. The molecule has 1 rings (SSSR count). The molecule has 15 heavy (non-hydrogen) atoms. The third-order valence-corrected chi connectivity index (χ3v) is 2.33. The zero-order valence-electron chi connectivity index (χ0n) is 8.66. The SMILES string of the molecule is [CH2]c1ccc(N(C)CCCl)c(C(N)=O)c1. The number of benzene rings is 1. The van der Waals surface area contributed by atoms with Gasteiger partial charge in [-0.2, -0.15) is 0 Å². The number of hydrogen-bond donors (Lipinski definition) is 1. The molecular weight excluding hydrogens is 212 g/mol. The van der Waals surface area contributed by atoms with Gasteiger partial charge in [0, 0.05) is 25.2 Å². The molecule has 2 N–H and O–H groups in total. The number of halogens is 1. The quantitative estimate of drug-likeness (QED) is 0.792. The van der Waals surface area contributed by atoms with Crippen molar-refractivity contribution in [2.75, 3.05) is 24.4 Å². The van der Waals surface area contributed by atoms with Gasteiger partial charge in [0.2, 0.25) is 0 Å². The Labute approximate surface area is 94.8 Å². The Morgan fingerprint density at radius 2 is 2.27 bits per heavy atom. The van der Waals surface area contributed by atoms with Crippen LogP contribution in [-0.4, -0.2) is 25.4 Å². The van der Waals surface area contributed by atoms with E-state index in [1.165, 1.54) is 0 Å². The molecule has 1 radical (unpaired) electrons. The Morgan fingerprint density at radius 3 is 2.80 bits per heavy atom. The van der Waals surface area contributed by atoms with Crippen LogP contribution in [0.5, 0.6) is 0 Å². The van der Waals surface area contributed by atoms with Crippen LogP contribution >= 0.6 is 11.6 Å². The summed E-state index contributed by atoms with van der Waals surface area (Å²) in [5.41, 5.74) is 7.33. The van der Waals surface area contributed by atoms with Gasteiger partial charge in [-0.1, -0.05) is 6.07 Å². The second-order valence-electron chi connectivity index (χ2n) is 3.33. The van der Waals surface area contributed by atoms with E-state index in [2.05, 4.69) is 6.92 Å². The number of amides is 1. The lowest BCUT2D eigenvalue weighted by Crippen LogP contribution is -2.24. The van der Waals surface area contributed by atoms with Gasteiger partial charge < -0.3 is 10.6 Å². The Morgan fingerprint density at radius 1 is 1.60 bits per heavy atom. The van der Waals surface area contributed by atoms with Crippen molar-refractivity contribution in [1.82, 2.24) is 0 Å². The molecule has 4 heteroatoms. The topological polar surface area (TPSA) is 46.3 Å². The maximum atomic E-state index is 11.2. The average molecular weight is 226 g/mol. The number of nitrogens with two attached hydrogens (primary N) is 1. The third-order valence-electron chi connectivity index (χ3n) is 2.16. The van der Waals surface area contributed by atoms with Crippen molar-refractivity contribution in [3.05, 3.63) is 36.2 Å². The van der Waals surface area contributed by atoms with E-state index in [4.69, 9.17) is 17.3 Å². The molecule has 0 saturated carbocycles. The number of nitrogens with zero attached hydrogens (tertiary/aromatic N) is 1. The lowest BCUT2D eigenvalue weighted by molar-refractivity contribution is 0.100. The highest BCUT2D eigenvalue weighted by molar-refractivity contribution is 6.18. The molecule has 0 saturated heterocycles. The van der Waals surface area contributed by atoms with E-state index in [1.807, 2.05) is 24.1 Å². The van der Waals surface area contributed by atoms with Gasteiger partial charge in [0.15, 0.2) is 0 Å². The Bertz CT molecular complexity index is 366. The Kier molecular flexibility index (Phi) is 3.97.